The molecule has 0 fully saturated rings. The summed E-state index contributed by atoms with van der Waals surface area (Å²) in [6.45, 7) is 0. The molecule has 0 radical (unpaired) electrons. The lowest BCUT2D eigenvalue weighted by molar-refractivity contribution is -0.147. The number of carbonyl (C=O) groups excluding carboxylic acids is 2. The van der Waals surface area contributed by atoms with Crippen LogP contribution in [0.3, 0.4) is 0 Å². The molecule has 1 N–H and O–H groups in total. The highest BCUT2D eigenvalue weighted by Crippen LogP contribution is 2.18. The fourth-order valence-corrected chi connectivity index (χ4v) is 2.08. The summed E-state index contributed by atoms with van der Waals surface area (Å²) < 4.78 is 0. The summed E-state index contributed by atoms with van der Waals surface area (Å²) in [6.07, 6.45) is 1.23. The van der Waals surface area contributed by atoms with Crippen LogP contribution in [0.4, 0.5) is 0 Å². The Labute approximate surface area is 142 Å². The van der Waals surface area contributed by atoms with Crippen LogP contribution in [0.25, 0.3) is 6.08 Å². The second-order valence-corrected chi connectivity index (χ2v) is 5.45. The van der Waals surface area contributed by atoms with Crippen LogP contribution < -0.4 is 0 Å². The van der Waals surface area contributed by atoms with E-state index in [1.54, 1.807) is 24.3 Å². The standard InChI is InChI=1S/C17H10Cl2O4/c18-12-5-1-10(2-6-12)9-14(16(21)17(22)23)15(20)11-3-7-13(19)8-4-11/h1-9H,(H,22,23). The number of benzene rings is 2. The van der Waals surface area contributed by atoms with Crippen molar-refractivity contribution in [1.29, 1.82) is 0 Å². The predicted octanol–water partition coefficient (Wildman–Crippen LogP) is 3.91. The fraction of sp³-hybridized carbons (Fsp3) is 0. The van der Waals surface area contributed by atoms with Crippen molar-refractivity contribution in [3.63, 3.8) is 0 Å². The molecule has 0 atom stereocenters. The molecule has 0 bridgehead atoms. The number of halogens is 2. The van der Waals surface area contributed by atoms with Crippen molar-refractivity contribution in [3.05, 3.63) is 75.3 Å². The topological polar surface area (TPSA) is 71.4 Å². The second kappa shape index (κ2) is 7.22. The van der Waals surface area contributed by atoms with Crippen molar-refractivity contribution in [2.45, 2.75) is 0 Å². The van der Waals surface area contributed by atoms with E-state index < -0.39 is 23.1 Å². The molecular weight excluding hydrogens is 339 g/mol. The van der Waals surface area contributed by atoms with Gasteiger partial charge >= 0.3 is 5.97 Å². The normalized spacial score (nSPS) is 11.1. The van der Waals surface area contributed by atoms with E-state index in [1.165, 1.54) is 30.3 Å². The number of hydrogen-bond donors (Lipinski definition) is 1. The molecule has 0 aliphatic rings. The third kappa shape index (κ3) is 4.28. The van der Waals surface area contributed by atoms with Crippen LogP contribution in [0.5, 0.6) is 0 Å². The Morgan fingerprint density at radius 2 is 1.30 bits per heavy atom. The highest BCUT2D eigenvalue weighted by molar-refractivity contribution is 6.49. The molecule has 4 nitrogen and oxygen atoms in total. The van der Waals surface area contributed by atoms with Crippen LogP contribution in [0, 0.1) is 0 Å². The molecule has 0 aliphatic heterocycles. The predicted molar refractivity (Wildman–Crippen MR) is 87.9 cm³/mol. The van der Waals surface area contributed by atoms with Crippen LogP contribution in [0.1, 0.15) is 15.9 Å². The van der Waals surface area contributed by atoms with E-state index in [1.807, 2.05) is 0 Å². The van der Waals surface area contributed by atoms with E-state index in [9.17, 15) is 14.4 Å². The van der Waals surface area contributed by atoms with Gasteiger partial charge in [-0.2, -0.15) is 0 Å². The lowest BCUT2D eigenvalue weighted by atomic mass is 9.97. The van der Waals surface area contributed by atoms with Gasteiger partial charge in [0.05, 0.1) is 5.57 Å². The molecule has 2 aromatic carbocycles. The van der Waals surface area contributed by atoms with Gasteiger partial charge in [-0.1, -0.05) is 35.3 Å². The number of carbonyl (C=O) groups is 3. The van der Waals surface area contributed by atoms with Gasteiger partial charge in [-0.3, -0.25) is 9.59 Å². The number of hydrogen-bond acceptors (Lipinski definition) is 3. The first-order valence-corrected chi connectivity index (χ1v) is 7.19. The average molecular weight is 349 g/mol. The molecular formula is C17H10Cl2O4. The number of ketones is 2. The van der Waals surface area contributed by atoms with Gasteiger partial charge in [0.2, 0.25) is 0 Å². The van der Waals surface area contributed by atoms with E-state index in [0.717, 1.165) is 0 Å². The Balaban J connectivity index is 2.47. The van der Waals surface area contributed by atoms with Crippen molar-refractivity contribution in [1.82, 2.24) is 0 Å². The summed E-state index contributed by atoms with van der Waals surface area (Å²) in [7, 11) is 0. The van der Waals surface area contributed by atoms with E-state index in [0.29, 0.717) is 15.6 Å². The molecule has 0 aromatic heterocycles. The molecule has 0 saturated carbocycles. The quantitative estimate of drug-likeness (QED) is 0.292. The third-order valence-electron chi connectivity index (χ3n) is 2.97. The maximum absolute atomic E-state index is 12.5. The Morgan fingerprint density at radius 3 is 1.78 bits per heavy atom. The molecule has 23 heavy (non-hydrogen) atoms. The monoisotopic (exact) mass is 348 g/mol. The minimum atomic E-state index is -1.70. The van der Waals surface area contributed by atoms with E-state index in [-0.39, 0.29) is 5.56 Å². The Kier molecular flexibility index (Phi) is 5.32. The number of rotatable bonds is 5. The zero-order valence-corrected chi connectivity index (χ0v) is 13.1. The first-order valence-electron chi connectivity index (χ1n) is 6.43. The van der Waals surface area contributed by atoms with Crippen molar-refractivity contribution < 1.29 is 19.5 Å². The highest BCUT2D eigenvalue weighted by atomic mass is 35.5. The summed E-state index contributed by atoms with van der Waals surface area (Å²) in [6, 6.07) is 12.1. The smallest absolute Gasteiger partial charge is 0.377 e. The SMILES string of the molecule is O=C(O)C(=O)C(=Cc1ccc(Cl)cc1)C(=O)c1ccc(Cl)cc1. The van der Waals surface area contributed by atoms with E-state index in [2.05, 4.69) is 0 Å². The van der Waals surface area contributed by atoms with Crippen molar-refractivity contribution >= 4 is 46.8 Å². The summed E-state index contributed by atoms with van der Waals surface area (Å²) in [4.78, 5) is 35.3. The average Bonchev–Trinajstić information content (AvgIpc) is 2.53. The Morgan fingerprint density at radius 1 is 0.826 bits per heavy atom. The number of carboxylic acids is 1. The van der Waals surface area contributed by atoms with Crippen LogP contribution in [0.2, 0.25) is 10.0 Å². The van der Waals surface area contributed by atoms with Crippen molar-refractivity contribution in [3.8, 4) is 0 Å². The van der Waals surface area contributed by atoms with Gasteiger partial charge in [-0.05, 0) is 48.0 Å². The number of aliphatic carboxylic acids is 1. The molecule has 2 rings (SSSR count). The minimum absolute atomic E-state index is 0.171. The highest BCUT2D eigenvalue weighted by Gasteiger charge is 2.25. The molecule has 6 heteroatoms. The summed E-state index contributed by atoms with van der Waals surface area (Å²) in [5, 5.41) is 9.84. The molecule has 116 valence electrons. The number of carboxylic acid groups (broad SMARTS) is 1. The lowest BCUT2D eigenvalue weighted by Gasteiger charge is -2.04. The van der Waals surface area contributed by atoms with Crippen LogP contribution in [-0.4, -0.2) is 22.6 Å². The van der Waals surface area contributed by atoms with Crippen molar-refractivity contribution in [2.75, 3.05) is 0 Å². The van der Waals surface area contributed by atoms with Crippen LogP contribution in [-0.2, 0) is 9.59 Å². The first-order chi connectivity index (χ1) is 10.9. The molecule has 2 aromatic rings. The van der Waals surface area contributed by atoms with Crippen molar-refractivity contribution in [2.24, 2.45) is 0 Å². The lowest BCUT2D eigenvalue weighted by Crippen LogP contribution is -2.21. The van der Waals surface area contributed by atoms with Gasteiger partial charge in [0.25, 0.3) is 5.78 Å². The molecule has 0 spiro atoms. The molecule has 0 amide bonds. The molecule has 0 unspecified atom stereocenters. The maximum Gasteiger partial charge on any atom is 0.377 e. The molecule has 0 saturated heterocycles. The Hall–Kier alpha value is -2.43. The fourth-order valence-electron chi connectivity index (χ4n) is 1.83. The van der Waals surface area contributed by atoms with E-state index >= 15 is 0 Å². The van der Waals surface area contributed by atoms with Gasteiger partial charge in [0.1, 0.15) is 0 Å². The molecule has 0 heterocycles. The third-order valence-corrected chi connectivity index (χ3v) is 3.47. The number of Topliss-reactive ketones (excluding diaryl/α,β-unsaturated/α-hetero) is 2. The minimum Gasteiger partial charge on any atom is -0.475 e. The van der Waals surface area contributed by atoms with Gasteiger partial charge in [-0.25, -0.2) is 4.79 Å². The van der Waals surface area contributed by atoms with Gasteiger partial charge in [-0.15, -0.1) is 0 Å². The van der Waals surface area contributed by atoms with Crippen LogP contribution in [0.15, 0.2) is 54.1 Å². The zero-order chi connectivity index (χ0) is 17.0. The summed E-state index contributed by atoms with van der Waals surface area (Å²) in [5.41, 5.74) is 0.215. The van der Waals surface area contributed by atoms with Gasteiger partial charge in [0.15, 0.2) is 5.78 Å². The maximum atomic E-state index is 12.5. The van der Waals surface area contributed by atoms with Gasteiger partial charge in [0, 0.05) is 15.6 Å². The van der Waals surface area contributed by atoms with E-state index in [4.69, 9.17) is 28.3 Å². The Bertz CT molecular complexity index is 790. The zero-order valence-electron chi connectivity index (χ0n) is 11.6. The van der Waals surface area contributed by atoms with Crippen LogP contribution >= 0.6 is 23.2 Å². The summed E-state index contributed by atoms with van der Waals surface area (Å²) in [5.74, 6) is -3.67. The largest absolute Gasteiger partial charge is 0.475 e. The summed E-state index contributed by atoms with van der Waals surface area (Å²) >= 11 is 11.5. The molecule has 0 aliphatic carbocycles. The second-order valence-electron chi connectivity index (χ2n) is 4.58. The first kappa shape index (κ1) is 16.9. The van der Waals surface area contributed by atoms with Gasteiger partial charge < -0.3 is 5.11 Å².